The Morgan fingerprint density at radius 2 is 2.15 bits per heavy atom. The zero-order chi connectivity index (χ0) is 14.3. The Balaban J connectivity index is 1.98. The molecule has 0 saturated heterocycles. The largest absolute Gasteiger partial charge is 0.478 e. The third-order valence-corrected chi connectivity index (χ3v) is 3.40. The van der Waals surface area contributed by atoms with Gasteiger partial charge in [0.15, 0.2) is 0 Å². The standard InChI is InChI=1S/C15H14N2O3/c1-9-10(2)20-14(16-9)8-17-6-5-11-7-12(15(18)19)3-4-13(11)17/h3-7H,8H2,1-2H3,(H,18,19). The van der Waals surface area contributed by atoms with Crippen molar-refractivity contribution in [2.75, 3.05) is 0 Å². The average molecular weight is 270 g/mol. The third kappa shape index (κ3) is 2.07. The highest BCUT2D eigenvalue weighted by Crippen LogP contribution is 2.19. The van der Waals surface area contributed by atoms with Crippen molar-refractivity contribution >= 4 is 16.9 Å². The van der Waals surface area contributed by atoms with E-state index in [0.717, 1.165) is 22.4 Å². The molecule has 0 spiro atoms. The molecular weight excluding hydrogens is 256 g/mol. The van der Waals surface area contributed by atoms with E-state index in [1.165, 1.54) is 0 Å². The van der Waals surface area contributed by atoms with Crippen molar-refractivity contribution < 1.29 is 14.3 Å². The van der Waals surface area contributed by atoms with Gasteiger partial charge in [0.1, 0.15) is 5.76 Å². The van der Waals surface area contributed by atoms with Crippen LogP contribution in [0, 0.1) is 13.8 Å². The maximum absolute atomic E-state index is 11.0. The molecule has 1 aromatic carbocycles. The fourth-order valence-corrected chi connectivity index (χ4v) is 2.22. The quantitative estimate of drug-likeness (QED) is 0.794. The molecule has 20 heavy (non-hydrogen) atoms. The molecule has 0 aliphatic carbocycles. The van der Waals surface area contributed by atoms with Crippen LogP contribution in [0.3, 0.4) is 0 Å². The Kier molecular flexibility index (Phi) is 2.82. The zero-order valence-corrected chi connectivity index (χ0v) is 11.3. The lowest BCUT2D eigenvalue weighted by molar-refractivity contribution is 0.0697. The summed E-state index contributed by atoms with van der Waals surface area (Å²) >= 11 is 0. The van der Waals surface area contributed by atoms with Gasteiger partial charge in [-0.05, 0) is 38.1 Å². The maximum Gasteiger partial charge on any atom is 0.335 e. The SMILES string of the molecule is Cc1nc(Cn2ccc3cc(C(=O)O)ccc32)oc1C. The van der Waals surface area contributed by atoms with E-state index in [1.807, 2.05) is 30.7 Å². The number of carboxylic acids is 1. The fourth-order valence-electron chi connectivity index (χ4n) is 2.22. The Bertz CT molecular complexity index is 779. The molecule has 5 nitrogen and oxygen atoms in total. The molecule has 102 valence electrons. The van der Waals surface area contributed by atoms with Crippen LogP contribution < -0.4 is 0 Å². The highest BCUT2D eigenvalue weighted by atomic mass is 16.4. The monoisotopic (exact) mass is 270 g/mol. The summed E-state index contributed by atoms with van der Waals surface area (Å²) in [6.07, 6.45) is 1.91. The van der Waals surface area contributed by atoms with Crippen LogP contribution in [0.15, 0.2) is 34.9 Å². The normalized spacial score (nSPS) is 11.1. The lowest BCUT2D eigenvalue weighted by Crippen LogP contribution is -1.99. The average Bonchev–Trinajstić information content (AvgIpc) is 2.94. The van der Waals surface area contributed by atoms with Gasteiger partial charge in [0.25, 0.3) is 0 Å². The van der Waals surface area contributed by atoms with Crippen LogP contribution in [0.4, 0.5) is 0 Å². The molecule has 5 heteroatoms. The predicted molar refractivity (Wildman–Crippen MR) is 74.0 cm³/mol. The number of hydrogen-bond donors (Lipinski definition) is 1. The predicted octanol–water partition coefficient (Wildman–Crippen LogP) is 2.99. The highest BCUT2D eigenvalue weighted by Gasteiger charge is 2.10. The first-order valence-corrected chi connectivity index (χ1v) is 6.29. The van der Waals surface area contributed by atoms with Gasteiger partial charge in [0, 0.05) is 17.1 Å². The number of benzene rings is 1. The first-order chi connectivity index (χ1) is 9.54. The molecule has 0 unspecified atom stereocenters. The smallest absolute Gasteiger partial charge is 0.335 e. The Hall–Kier alpha value is -2.56. The number of carboxylic acid groups (broad SMARTS) is 1. The number of oxazole rings is 1. The van der Waals surface area contributed by atoms with Gasteiger partial charge in [-0.3, -0.25) is 0 Å². The van der Waals surface area contributed by atoms with E-state index in [2.05, 4.69) is 4.98 Å². The number of aromatic nitrogens is 2. The first-order valence-electron chi connectivity index (χ1n) is 6.29. The summed E-state index contributed by atoms with van der Waals surface area (Å²) in [6.45, 7) is 4.33. The van der Waals surface area contributed by atoms with Gasteiger partial charge in [-0.1, -0.05) is 0 Å². The van der Waals surface area contributed by atoms with Gasteiger partial charge < -0.3 is 14.1 Å². The maximum atomic E-state index is 11.0. The first kappa shape index (κ1) is 12.5. The van der Waals surface area contributed by atoms with Crippen molar-refractivity contribution in [1.29, 1.82) is 0 Å². The van der Waals surface area contributed by atoms with Crippen molar-refractivity contribution in [2.24, 2.45) is 0 Å². The minimum atomic E-state index is -0.918. The van der Waals surface area contributed by atoms with Gasteiger partial charge >= 0.3 is 5.97 Å². The fraction of sp³-hybridized carbons (Fsp3) is 0.200. The molecular formula is C15H14N2O3. The lowest BCUT2D eigenvalue weighted by atomic mass is 10.1. The van der Waals surface area contributed by atoms with Gasteiger partial charge in [-0.2, -0.15) is 0 Å². The molecule has 0 atom stereocenters. The van der Waals surface area contributed by atoms with Gasteiger partial charge in [0.2, 0.25) is 5.89 Å². The van der Waals surface area contributed by atoms with Gasteiger partial charge in [-0.15, -0.1) is 0 Å². The Labute approximate surface area is 115 Å². The van der Waals surface area contributed by atoms with Crippen molar-refractivity contribution in [3.8, 4) is 0 Å². The molecule has 0 amide bonds. The second-order valence-electron chi connectivity index (χ2n) is 4.77. The second-order valence-corrected chi connectivity index (χ2v) is 4.77. The zero-order valence-electron chi connectivity index (χ0n) is 11.3. The van der Waals surface area contributed by atoms with Crippen molar-refractivity contribution in [2.45, 2.75) is 20.4 Å². The van der Waals surface area contributed by atoms with E-state index in [0.29, 0.717) is 12.4 Å². The molecule has 0 fully saturated rings. The van der Waals surface area contributed by atoms with Crippen molar-refractivity contribution in [1.82, 2.24) is 9.55 Å². The summed E-state index contributed by atoms with van der Waals surface area (Å²) in [7, 11) is 0. The minimum absolute atomic E-state index is 0.290. The van der Waals surface area contributed by atoms with Crippen molar-refractivity contribution in [3.05, 3.63) is 53.4 Å². The van der Waals surface area contributed by atoms with Crippen LogP contribution in [0.25, 0.3) is 10.9 Å². The number of nitrogens with zero attached hydrogens (tertiary/aromatic N) is 2. The topological polar surface area (TPSA) is 68.3 Å². The van der Waals surface area contributed by atoms with E-state index in [9.17, 15) is 4.79 Å². The Morgan fingerprint density at radius 3 is 2.80 bits per heavy atom. The van der Waals surface area contributed by atoms with Gasteiger partial charge in [-0.25, -0.2) is 9.78 Å². The summed E-state index contributed by atoms with van der Waals surface area (Å²) in [5.74, 6) is 0.558. The molecule has 1 N–H and O–H groups in total. The van der Waals surface area contributed by atoms with E-state index >= 15 is 0 Å². The third-order valence-electron chi connectivity index (χ3n) is 3.40. The molecule has 2 heterocycles. The molecule has 0 radical (unpaired) electrons. The number of aryl methyl sites for hydroxylation is 2. The lowest BCUT2D eigenvalue weighted by Gasteiger charge is -2.02. The van der Waals surface area contributed by atoms with Crippen LogP contribution in [-0.2, 0) is 6.54 Å². The van der Waals surface area contributed by atoms with Crippen LogP contribution in [-0.4, -0.2) is 20.6 Å². The van der Waals surface area contributed by atoms with Crippen molar-refractivity contribution in [3.63, 3.8) is 0 Å². The summed E-state index contributed by atoms with van der Waals surface area (Å²) in [6, 6.07) is 6.97. The molecule has 2 aromatic heterocycles. The number of aromatic carboxylic acids is 1. The summed E-state index contributed by atoms with van der Waals surface area (Å²) in [4.78, 5) is 15.3. The minimum Gasteiger partial charge on any atom is -0.478 e. The number of rotatable bonds is 3. The highest BCUT2D eigenvalue weighted by molar-refractivity contribution is 5.93. The van der Waals surface area contributed by atoms with E-state index < -0.39 is 5.97 Å². The molecule has 0 aliphatic rings. The molecule has 3 rings (SSSR count). The second kappa shape index (κ2) is 4.52. The number of hydrogen-bond acceptors (Lipinski definition) is 3. The van der Waals surface area contributed by atoms with Crippen LogP contribution in [0.5, 0.6) is 0 Å². The van der Waals surface area contributed by atoms with Crippen LogP contribution in [0.2, 0.25) is 0 Å². The van der Waals surface area contributed by atoms with Crippen LogP contribution >= 0.6 is 0 Å². The molecule has 0 bridgehead atoms. The summed E-state index contributed by atoms with van der Waals surface area (Å²) in [5, 5.41) is 9.88. The van der Waals surface area contributed by atoms with E-state index in [-0.39, 0.29) is 5.56 Å². The molecule has 0 saturated carbocycles. The van der Waals surface area contributed by atoms with E-state index in [4.69, 9.17) is 9.52 Å². The van der Waals surface area contributed by atoms with E-state index in [1.54, 1.807) is 18.2 Å². The molecule has 0 aliphatic heterocycles. The number of carbonyl (C=O) groups is 1. The van der Waals surface area contributed by atoms with Crippen LogP contribution in [0.1, 0.15) is 27.7 Å². The summed E-state index contributed by atoms with van der Waals surface area (Å²) < 4.78 is 7.56. The van der Waals surface area contributed by atoms with Gasteiger partial charge in [0.05, 0.1) is 17.8 Å². The summed E-state index contributed by atoms with van der Waals surface area (Å²) in [5.41, 5.74) is 2.14. The Morgan fingerprint density at radius 1 is 1.35 bits per heavy atom. The molecule has 3 aromatic rings. The number of fused-ring (bicyclic) bond motifs is 1.